The molecule has 5 nitrogen and oxygen atoms in total. The molecule has 0 amide bonds. The van der Waals surface area contributed by atoms with E-state index in [-0.39, 0.29) is 52.1 Å². The Kier molecular flexibility index (Phi) is 5.44. The van der Waals surface area contributed by atoms with Crippen molar-refractivity contribution in [1.29, 1.82) is 5.41 Å². The van der Waals surface area contributed by atoms with Crippen LogP contribution >= 0.6 is 11.6 Å². The van der Waals surface area contributed by atoms with Crippen molar-refractivity contribution in [2.75, 3.05) is 17.8 Å². The molecule has 1 aliphatic carbocycles. The van der Waals surface area contributed by atoms with Gasteiger partial charge in [-0.15, -0.1) is 0 Å². The number of hydrogen-bond acceptors (Lipinski definition) is 3. The van der Waals surface area contributed by atoms with E-state index in [9.17, 15) is 26.0 Å². The first-order chi connectivity index (χ1) is 14.8. The zero-order chi connectivity index (χ0) is 23.5. The van der Waals surface area contributed by atoms with Crippen molar-refractivity contribution in [1.82, 2.24) is 4.90 Å². The molecule has 4 rings (SSSR count). The van der Waals surface area contributed by atoms with Crippen molar-refractivity contribution in [3.63, 3.8) is 0 Å². The number of likely N-dealkylation sites (tertiary alicyclic amines) is 1. The summed E-state index contributed by atoms with van der Waals surface area (Å²) in [6.07, 6.45) is 0.236. The van der Waals surface area contributed by atoms with Gasteiger partial charge in [-0.1, -0.05) is 29.8 Å². The highest BCUT2D eigenvalue weighted by atomic mass is 35.5. The van der Waals surface area contributed by atoms with Crippen molar-refractivity contribution in [2.45, 2.75) is 30.1 Å². The zero-order valence-corrected chi connectivity index (χ0v) is 18.5. The maximum absolute atomic E-state index is 13.7. The second-order valence-electron chi connectivity index (χ2n) is 8.15. The molecule has 2 aromatic carbocycles. The highest BCUT2D eigenvalue weighted by molar-refractivity contribution is 7.92. The number of nitrogens with one attached hydrogen (secondary N) is 2. The molecule has 2 aliphatic rings. The number of nitrogens with zero attached hydrogens (tertiary/aromatic N) is 1. The third-order valence-electron chi connectivity index (χ3n) is 5.97. The van der Waals surface area contributed by atoms with Crippen LogP contribution in [0.3, 0.4) is 0 Å². The Balaban J connectivity index is 1.60. The van der Waals surface area contributed by atoms with Gasteiger partial charge in [-0.05, 0) is 30.7 Å². The quantitative estimate of drug-likeness (QED) is 0.346. The predicted molar refractivity (Wildman–Crippen MR) is 113 cm³/mol. The molecular formula is C21H20ClF4N3O2S. The fraction of sp³-hybridized carbons (Fsp3) is 0.381. The summed E-state index contributed by atoms with van der Waals surface area (Å²) in [5.74, 6) is -7.50. The Morgan fingerprint density at radius 1 is 1.19 bits per heavy atom. The van der Waals surface area contributed by atoms with Crippen LogP contribution in [0.4, 0.5) is 23.2 Å². The molecular weight excluding hydrogens is 470 g/mol. The SMILES string of the molecule is CC(F)(F)c1ccc(S(=O)(=O)Nc2cccc(Cl)c2C(=N)N2CCC3C(C2)C3(F)F)cc1. The van der Waals surface area contributed by atoms with Gasteiger partial charge >= 0.3 is 0 Å². The first kappa shape index (κ1) is 22.8. The number of hydrogen-bond donors (Lipinski definition) is 2. The highest BCUT2D eigenvalue weighted by Gasteiger charge is 2.69. The lowest BCUT2D eigenvalue weighted by molar-refractivity contribution is 0.0174. The van der Waals surface area contributed by atoms with Gasteiger partial charge in [0.05, 0.1) is 21.2 Å². The van der Waals surface area contributed by atoms with Crippen LogP contribution in [0.2, 0.25) is 5.02 Å². The van der Waals surface area contributed by atoms with Gasteiger partial charge in [-0.2, -0.15) is 0 Å². The van der Waals surface area contributed by atoms with E-state index in [0.29, 0.717) is 6.92 Å². The first-order valence-corrected chi connectivity index (χ1v) is 11.7. The van der Waals surface area contributed by atoms with Crippen LogP contribution in [0.1, 0.15) is 24.5 Å². The summed E-state index contributed by atoms with van der Waals surface area (Å²) in [6, 6.07) is 8.53. The van der Waals surface area contributed by atoms with Crippen LogP contribution in [-0.2, 0) is 15.9 Å². The largest absolute Gasteiger partial charge is 0.356 e. The van der Waals surface area contributed by atoms with Crippen LogP contribution in [0.5, 0.6) is 0 Å². The van der Waals surface area contributed by atoms with E-state index in [1.807, 2.05) is 0 Å². The van der Waals surface area contributed by atoms with Crippen LogP contribution in [0.15, 0.2) is 47.4 Å². The molecule has 1 saturated heterocycles. The molecule has 0 bridgehead atoms. The number of anilines is 1. The minimum atomic E-state index is -4.19. The summed E-state index contributed by atoms with van der Waals surface area (Å²) in [7, 11) is -4.19. The van der Waals surface area contributed by atoms with Crippen molar-refractivity contribution in [2.24, 2.45) is 11.8 Å². The summed E-state index contributed by atoms with van der Waals surface area (Å²) < 4.78 is 82.4. The van der Waals surface area contributed by atoms with Crippen molar-refractivity contribution in [3.05, 3.63) is 58.6 Å². The molecule has 32 heavy (non-hydrogen) atoms. The lowest BCUT2D eigenvalue weighted by Gasteiger charge is -2.29. The van der Waals surface area contributed by atoms with E-state index in [1.165, 1.54) is 23.1 Å². The number of benzene rings is 2. The predicted octanol–water partition coefficient (Wildman–Crippen LogP) is 5.16. The van der Waals surface area contributed by atoms with Gasteiger partial charge in [0, 0.05) is 37.4 Å². The van der Waals surface area contributed by atoms with E-state index in [1.54, 1.807) is 0 Å². The van der Waals surface area contributed by atoms with Gasteiger partial charge in [0.15, 0.2) is 0 Å². The molecule has 0 spiro atoms. The van der Waals surface area contributed by atoms with Crippen LogP contribution < -0.4 is 4.72 Å². The summed E-state index contributed by atoms with van der Waals surface area (Å²) in [6.45, 7) is 0.930. The lowest BCUT2D eigenvalue weighted by atomic mass is 10.1. The standard InChI is InChI=1S/C21H20ClF4N3O2S/c1-20(23,24)12-5-7-13(8-6-12)32(30,31)28-17-4-2-3-16(22)18(17)19(27)29-10-9-14-15(11-29)21(14,25)26/h2-8,14-15,27-28H,9-11H2,1H3. The molecule has 1 saturated carbocycles. The Morgan fingerprint density at radius 3 is 2.44 bits per heavy atom. The van der Waals surface area contributed by atoms with Crippen molar-refractivity contribution >= 4 is 33.1 Å². The molecule has 2 unspecified atom stereocenters. The van der Waals surface area contributed by atoms with Crippen LogP contribution in [-0.4, -0.2) is 38.2 Å². The molecule has 1 heterocycles. The summed E-state index contributed by atoms with van der Waals surface area (Å²) in [5, 5.41) is 8.62. The topological polar surface area (TPSA) is 73.3 Å². The number of rotatable bonds is 5. The average Bonchev–Trinajstić information content (AvgIpc) is 3.27. The maximum Gasteiger partial charge on any atom is 0.270 e. The van der Waals surface area contributed by atoms with Gasteiger partial charge in [-0.3, -0.25) is 10.1 Å². The van der Waals surface area contributed by atoms with E-state index in [0.717, 1.165) is 24.3 Å². The first-order valence-electron chi connectivity index (χ1n) is 9.84. The minimum Gasteiger partial charge on any atom is -0.356 e. The molecule has 0 radical (unpaired) electrons. The molecule has 2 fully saturated rings. The highest BCUT2D eigenvalue weighted by Crippen LogP contribution is 2.59. The van der Waals surface area contributed by atoms with Crippen LogP contribution in [0, 0.1) is 17.2 Å². The number of sulfonamides is 1. The lowest BCUT2D eigenvalue weighted by Crippen LogP contribution is -2.37. The molecule has 172 valence electrons. The second-order valence-corrected chi connectivity index (χ2v) is 10.2. The fourth-order valence-corrected chi connectivity index (χ4v) is 5.40. The summed E-state index contributed by atoms with van der Waals surface area (Å²) in [5.41, 5.74) is -0.268. The minimum absolute atomic E-state index is 0.00271. The summed E-state index contributed by atoms with van der Waals surface area (Å²) in [4.78, 5) is 1.22. The van der Waals surface area contributed by atoms with E-state index >= 15 is 0 Å². The third kappa shape index (κ3) is 4.05. The number of amidine groups is 1. The molecule has 0 aromatic heterocycles. The molecule has 11 heteroatoms. The van der Waals surface area contributed by atoms with Crippen LogP contribution in [0.25, 0.3) is 0 Å². The third-order valence-corrected chi connectivity index (χ3v) is 7.67. The molecule has 1 aliphatic heterocycles. The average molecular weight is 490 g/mol. The fourth-order valence-electron chi connectivity index (χ4n) is 4.07. The van der Waals surface area contributed by atoms with Gasteiger partial charge in [0.2, 0.25) is 0 Å². The number of alkyl halides is 4. The normalized spacial score (nSPS) is 22.2. The van der Waals surface area contributed by atoms with Crippen molar-refractivity contribution < 1.29 is 26.0 Å². The van der Waals surface area contributed by atoms with Crippen molar-refractivity contribution in [3.8, 4) is 0 Å². The van der Waals surface area contributed by atoms with E-state index < -0.39 is 33.7 Å². The summed E-state index contributed by atoms with van der Waals surface area (Å²) >= 11 is 6.26. The smallest absolute Gasteiger partial charge is 0.270 e. The monoisotopic (exact) mass is 489 g/mol. The Labute approximate surface area is 187 Å². The van der Waals surface area contributed by atoms with E-state index in [4.69, 9.17) is 17.0 Å². The molecule has 2 atom stereocenters. The van der Waals surface area contributed by atoms with Gasteiger partial charge in [0.25, 0.3) is 21.9 Å². The maximum atomic E-state index is 13.7. The number of fused-ring (bicyclic) bond motifs is 1. The van der Waals surface area contributed by atoms with E-state index in [2.05, 4.69) is 4.72 Å². The number of halogens is 5. The van der Waals surface area contributed by atoms with Gasteiger partial charge in [-0.25, -0.2) is 26.0 Å². The Bertz CT molecular complexity index is 1170. The van der Waals surface area contributed by atoms with Gasteiger partial charge in [0.1, 0.15) is 5.84 Å². The Hall–Kier alpha value is -2.33. The van der Waals surface area contributed by atoms with Gasteiger partial charge < -0.3 is 4.90 Å². The second kappa shape index (κ2) is 7.62. The molecule has 2 N–H and O–H groups in total. The molecule has 2 aromatic rings. The number of piperidine rings is 1. The zero-order valence-electron chi connectivity index (χ0n) is 16.9. The Morgan fingerprint density at radius 2 is 1.84 bits per heavy atom.